The minimum absolute atomic E-state index is 0.0243. The van der Waals surface area contributed by atoms with E-state index in [-0.39, 0.29) is 5.56 Å². The number of aryl methyl sites for hydroxylation is 1. The summed E-state index contributed by atoms with van der Waals surface area (Å²) in [7, 11) is 0. The first kappa shape index (κ1) is 10.1. The summed E-state index contributed by atoms with van der Waals surface area (Å²) in [6.07, 6.45) is 6.87. The van der Waals surface area contributed by atoms with E-state index in [1.807, 2.05) is 0 Å². The fraction of sp³-hybridized carbons (Fsp3) is 0.600. The van der Waals surface area contributed by atoms with E-state index >= 15 is 0 Å². The zero-order chi connectivity index (χ0) is 9.97. The summed E-state index contributed by atoms with van der Waals surface area (Å²) in [5.74, 6) is 0.836. The Bertz CT molecular complexity index is 371. The van der Waals surface area contributed by atoms with Gasteiger partial charge in [-0.05, 0) is 34.9 Å². The van der Waals surface area contributed by atoms with Crippen molar-refractivity contribution >= 4 is 22.6 Å². The van der Waals surface area contributed by atoms with E-state index in [0.717, 1.165) is 22.5 Å². The molecule has 0 atom stereocenters. The molecule has 1 aliphatic rings. The molecule has 1 aliphatic carbocycles. The van der Waals surface area contributed by atoms with Gasteiger partial charge in [0.25, 0.3) is 5.56 Å². The van der Waals surface area contributed by atoms with Gasteiger partial charge in [-0.1, -0.05) is 19.3 Å². The van der Waals surface area contributed by atoms with Crippen LogP contribution in [0, 0.1) is 9.49 Å². The zero-order valence-corrected chi connectivity index (χ0v) is 10.1. The molecular weight excluding hydrogens is 291 g/mol. The Balaban J connectivity index is 1.98. The highest BCUT2D eigenvalue weighted by Gasteiger charge is 2.17. The van der Waals surface area contributed by atoms with E-state index in [1.54, 1.807) is 16.9 Å². The monoisotopic (exact) mass is 304 g/mol. The molecule has 0 amide bonds. The van der Waals surface area contributed by atoms with E-state index in [9.17, 15) is 4.79 Å². The second kappa shape index (κ2) is 4.42. The number of aromatic nitrogens is 2. The molecule has 14 heavy (non-hydrogen) atoms. The molecule has 2 rings (SSSR count). The number of halogens is 1. The van der Waals surface area contributed by atoms with Crippen LogP contribution in [-0.4, -0.2) is 9.78 Å². The summed E-state index contributed by atoms with van der Waals surface area (Å²) in [5, 5.41) is 4.10. The maximum Gasteiger partial charge on any atom is 0.267 e. The van der Waals surface area contributed by atoms with Crippen molar-refractivity contribution in [2.75, 3.05) is 0 Å². The number of hydrogen-bond donors (Lipinski definition) is 0. The molecule has 1 heterocycles. The second-order valence-corrected chi connectivity index (χ2v) is 5.07. The number of rotatable bonds is 3. The molecule has 1 saturated carbocycles. The van der Waals surface area contributed by atoms with Gasteiger partial charge in [0, 0.05) is 16.2 Å². The first-order valence-electron chi connectivity index (χ1n) is 4.98. The Labute approximate surface area is 96.7 Å². The first-order chi connectivity index (χ1) is 6.75. The summed E-state index contributed by atoms with van der Waals surface area (Å²) in [5.41, 5.74) is 0.0243. The minimum Gasteiger partial charge on any atom is -0.268 e. The van der Waals surface area contributed by atoms with Crippen LogP contribution in [-0.2, 0) is 6.54 Å². The zero-order valence-electron chi connectivity index (χ0n) is 7.95. The topological polar surface area (TPSA) is 34.9 Å². The van der Waals surface area contributed by atoms with Crippen molar-refractivity contribution in [1.29, 1.82) is 0 Å². The number of nitrogens with zero attached hydrogens (tertiary/aromatic N) is 2. The largest absolute Gasteiger partial charge is 0.268 e. The predicted octanol–water partition coefficient (Wildman–Crippen LogP) is 2.04. The molecule has 0 unspecified atom stereocenters. The summed E-state index contributed by atoms with van der Waals surface area (Å²) in [4.78, 5) is 11.5. The Kier molecular flexibility index (Phi) is 3.20. The van der Waals surface area contributed by atoms with Gasteiger partial charge in [0.15, 0.2) is 0 Å². The van der Waals surface area contributed by atoms with Crippen LogP contribution < -0.4 is 5.56 Å². The van der Waals surface area contributed by atoms with Crippen molar-refractivity contribution in [3.05, 3.63) is 26.2 Å². The maximum atomic E-state index is 11.5. The standard InChI is InChI=1S/C10H13IN2O/c11-9-6-10(14)13(12-7-9)5-4-8-2-1-3-8/h6-8H,1-5H2. The normalized spacial score (nSPS) is 16.6. The third-order valence-corrected chi connectivity index (χ3v) is 3.40. The van der Waals surface area contributed by atoms with Crippen LogP contribution in [0.15, 0.2) is 17.1 Å². The van der Waals surface area contributed by atoms with Crippen molar-refractivity contribution in [1.82, 2.24) is 9.78 Å². The SMILES string of the molecule is O=c1cc(I)cnn1CCC1CCC1. The van der Waals surface area contributed by atoms with E-state index in [2.05, 4.69) is 27.7 Å². The lowest BCUT2D eigenvalue weighted by Crippen LogP contribution is -2.24. The smallest absolute Gasteiger partial charge is 0.267 e. The summed E-state index contributed by atoms with van der Waals surface area (Å²) >= 11 is 2.11. The molecule has 3 nitrogen and oxygen atoms in total. The molecule has 1 aromatic heterocycles. The predicted molar refractivity (Wildman–Crippen MR) is 63.2 cm³/mol. The second-order valence-electron chi connectivity index (χ2n) is 3.82. The minimum atomic E-state index is 0.0243. The van der Waals surface area contributed by atoms with Gasteiger partial charge in [-0.15, -0.1) is 0 Å². The van der Waals surface area contributed by atoms with Gasteiger partial charge in [0.2, 0.25) is 0 Å². The van der Waals surface area contributed by atoms with E-state index in [0.29, 0.717) is 0 Å². The molecule has 0 spiro atoms. The van der Waals surface area contributed by atoms with Crippen LogP contribution in [0.2, 0.25) is 0 Å². The van der Waals surface area contributed by atoms with Crippen LogP contribution in [0.3, 0.4) is 0 Å². The number of hydrogen-bond acceptors (Lipinski definition) is 2. The van der Waals surface area contributed by atoms with Crippen LogP contribution in [0.5, 0.6) is 0 Å². The molecule has 0 radical (unpaired) electrons. The first-order valence-corrected chi connectivity index (χ1v) is 6.06. The van der Waals surface area contributed by atoms with Crippen molar-refractivity contribution in [3.63, 3.8) is 0 Å². The average Bonchev–Trinajstić information content (AvgIpc) is 2.05. The molecule has 0 saturated heterocycles. The molecule has 76 valence electrons. The fourth-order valence-electron chi connectivity index (χ4n) is 1.67. The van der Waals surface area contributed by atoms with Gasteiger partial charge < -0.3 is 0 Å². The Hall–Kier alpha value is -0.390. The molecule has 0 aliphatic heterocycles. The Morgan fingerprint density at radius 3 is 2.93 bits per heavy atom. The van der Waals surface area contributed by atoms with Crippen LogP contribution in [0.4, 0.5) is 0 Å². The van der Waals surface area contributed by atoms with E-state index in [1.165, 1.54) is 19.3 Å². The lowest BCUT2D eigenvalue weighted by molar-refractivity contribution is 0.275. The fourth-order valence-corrected chi connectivity index (χ4v) is 2.06. The molecule has 0 bridgehead atoms. The lowest BCUT2D eigenvalue weighted by Gasteiger charge is -2.24. The van der Waals surface area contributed by atoms with Crippen molar-refractivity contribution in [3.8, 4) is 0 Å². The van der Waals surface area contributed by atoms with Gasteiger partial charge in [0.05, 0.1) is 6.20 Å². The van der Waals surface area contributed by atoms with Crippen LogP contribution >= 0.6 is 22.6 Å². The van der Waals surface area contributed by atoms with Gasteiger partial charge in [-0.25, -0.2) is 4.68 Å². The third kappa shape index (κ3) is 2.34. The van der Waals surface area contributed by atoms with Gasteiger partial charge in [0.1, 0.15) is 0 Å². The van der Waals surface area contributed by atoms with Crippen molar-refractivity contribution in [2.45, 2.75) is 32.2 Å². The molecule has 4 heteroatoms. The van der Waals surface area contributed by atoms with Gasteiger partial charge in [-0.3, -0.25) is 4.79 Å². The maximum absolute atomic E-state index is 11.5. The summed E-state index contributed by atoms with van der Waals surface area (Å²) < 4.78 is 2.48. The van der Waals surface area contributed by atoms with E-state index < -0.39 is 0 Å². The average molecular weight is 304 g/mol. The molecule has 0 N–H and O–H groups in total. The van der Waals surface area contributed by atoms with Crippen molar-refractivity contribution in [2.24, 2.45) is 5.92 Å². The Morgan fingerprint density at radius 1 is 1.57 bits per heavy atom. The molecular formula is C10H13IN2O. The highest BCUT2D eigenvalue weighted by molar-refractivity contribution is 14.1. The van der Waals surface area contributed by atoms with Crippen LogP contribution in [0.25, 0.3) is 0 Å². The highest BCUT2D eigenvalue weighted by atomic mass is 127. The highest BCUT2D eigenvalue weighted by Crippen LogP contribution is 2.29. The molecule has 1 fully saturated rings. The van der Waals surface area contributed by atoms with Crippen LogP contribution in [0.1, 0.15) is 25.7 Å². The molecule has 0 aromatic carbocycles. The van der Waals surface area contributed by atoms with Gasteiger partial charge in [-0.2, -0.15) is 5.10 Å². The Morgan fingerprint density at radius 2 is 2.36 bits per heavy atom. The summed E-state index contributed by atoms with van der Waals surface area (Å²) in [6, 6.07) is 1.63. The summed E-state index contributed by atoms with van der Waals surface area (Å²) in [6.45, 7) is 0.778. The quantitative estimate of drug-likeness (QED) is 0.801. The lowest BCUT2D eigenvalue weighted by atomic mass is 9.83. The van der Waals surface area contributed by atoms with Crippen molar-refractivity contribution < 1.29 is 0 Å². The molecule has 1 aromatic rings. The third-order valence-electron chi connectivity index (χ3n) is 2.81. The van der Waals surface area contributed by atoms with E-state index in [4.69, 9.17) is 0 Å². The van der Waals surface area contributed by atoms with Gasteiger partial charge >= 0.3 is 0 Å².